The van der Waals surface area contributed by atoms with Crippen LogP contribution < -0.4 is 5.32 Å². The van der Waals surface area contributed by atoms with Gasteiger partial charge in [0.1, 0.15) is 17.0 Å². The number of aromatic nitrogens is 3. The van der Waals surface area contributed by atoms with E-state index < -0.39 is 0 Å². The topological polar surface area (TPSA) is 82.3 Å². The van der Waals surface area contributed by atoms with Gasteiger partial charge >= 0.3 is 0 Å². The third-order valence-corrected chi connectivity index (χ3v) is 4.14. The average molecular weight is 356 g/mol. The maximum absolute atomic E-state index is 5.61. The van der Waals surface area contributed by atoms with Crippen LogP contribution in [0.25, 0.3) is 22.4 Å². The average Bonchev–Trinajstić information content (AvgIpc) is 2.99. The van der Waals surface area contributed by atoms with E-state index in [0.717, 1.165) is 16.8 Å². The minimum atomic E-state index is -0.0582. The van der Waals surface area contributed by atoms with E-state index in [0.29, 0.717) is 36.0 Å². The molecule has 0 radical (unpaired) electrons. The van der Waals surface area contributed by atoms with Crippen molar-refractivity contribution in [1.82, 2.24) is 15.1 Å². The van der Waals surface area contributed by atoms with Crippen molar-refractivity contribution in [2.75, 3.05) is 32.8 Å². The number of hydrogen-bond acceptors (Lipinski definition) is 7. The molecule has 0 bridgehead atoms. The molecule has 0 amide bonds. The number of rotatable bonds is 7. The van der Waals surface area contributed by atoms with Gasteiger partial charge in [-0.25, -0.2) is 9.97 Å². The lowest BCUT2D eigenvalue weighted by atomic mass is 10.0. The molecule has 3 aromatic rings. The highest BCUT2D eigenvalue weighted by molar-refractivity contribution is 5.94. The van der Waals surface area contributed by atoms with Crippen LogP contribution in [0.15, 0.2) is 22.7 Å². The molecule has 0 aliphatic rings. The Kier molecular flexibility index (Phi) is 5.49. The van der Waals surface area contributed by atoms with E-state index in [4.69, 9.17) is 14.0 Å². The second kappa shape index (κ2) is 7.80. The van der Waals surface area contributed by atoms with Crippen molar-refractivity contribution in [2.24, 2.45) is 0 Å². The Morgan fingerprint density at radius 1 is 1.08 bits per heavy atom. The minimum absolute atomic E-state index is 0.0582. The molecule has 0 saturated carbocycles. The third-order valence-electron chi connectivity index (χ3n) is 4.14. The summed E-state index contributed by atoms with van der Waals surface area (Å²) in [5.41, 5.74) is 5.28. The van der Waals surface area contributed by atoms with Gasteiger partial charge in [0.25, 0.3) is 0 Å². The number of hydrogen-bond donors (Lipinski definition) is 1. The SMILES string of the molecule is COCC(COC)Nc1nc(C)nc2c(-c3ccc(C)cc3C)noc12. The van der Waals surface area contributed by atoms with Crippen LogP contribution in [0.1, 0.15) is 17.0 Å². The zero-order valence-electron chi connectivity index (χ0n) is 15.8. The van der Waals surface area contributed by atoms with Crippen molar-refractivity contribution in [3.63, 3.8) is 0 Å². The van der Waals surface area contributed by atoms with Gasteiger partial charge in [0.15, 0.2) is 5.82 Å². The monoisotopic (exact) mass is 356 g/mol. The number of nitrogens with zero attached hydrogens (tertiary/aromatic N) is 3. The fourth-order valence-corrected chi connectivity index (χ4v) is 3.02. The normalized spacial score (nSPS) is 11.5. The fourth-order valence-electron chi connectivity index (χ4n) is 3.02. The van der Waals surface area contributed by atoms with E-state index >= 15 is 0 Å². The van der Waals surface area contributed by atoms with E-state index in [1.165, 1.54) is 5.56 Å². The molecule has 7 heteroatoms. The Morgan fingerprint density at radius 2 is 1.81 bits per heavy atom. The molecule has 26 heavy (non-hydrogen) atoms. The largest absolute Gasteiger partial charge is 0.382 e. The van der Waals surface area contributed by atoms with Crippen molar-refractivity contribution in [1.29, 1.82) is 0 Å². The van der Waals surface area contributed by atoms with Crippen molar-refractivity contribution in [3.8, 4) is 11.3 Å². The van der Waals surface area contributed by atoms with Crippen molar-refractivity contribution in [3.05, 3.63) is 35.2 Å². The summed E-state index contributed by atoms with van der Waals surface area (Å²) in [6.07, 6.45) is 0. The molecule has 0 aliphatic heterocycles. The predicted octanol–water partition coefficient (Wildman–Crippen LogP) is 3.28. The summed E-state index contributed by atoms with van der Waals surface area (Å²) in [6, 6.07) is 6.17. The predicted molar refractivity (Wildman–Crippen MR) is 100 cm³/mol. The highest BCUT2D eigenvalue weighted by atomic mass is 16.5. The number of methoxy groups -OCH3 is 2. The van der Waals surface area contributed by atoms with Crippen molar-refractivity contribution >= 4 is 16.9 Å². The molecular weight excluding hydrogens is 332 g/mol. The van der Waals surface area contributed by atoms with Gasteiger partial charge in [0.2, 0.25) is 5.58 Å². The van der Waals surface area contributed by atoms with E-state index in [1.54, 1.807) is 14.2 Å². The second-order valence-corrected chi connectivity index (χ2v) is 6.40. The first-order valence-corrected chi connectivity index (χ1v) is 8.49. The highest BCUT2D eigenvalue weighted by Crippen LogP contribution is 2.32. The Hall–Kier alpha value is -2.51. The lowest BCUT2D eigenvalue weighted by Crippen LogP contribution is -2.30. The summed E-state index contributed by atoms with van der Waals surface area (Å²) in [5.74, 6) is 1.23. The van der Waals surface area contributed by atoms with E-state index in [9.17, 15) is 0 Å². The van der Waals surface area contributed by atoms with Gasteiger partial charge in [-0.3, -0.25) is 0 Å². The lowest BCUT2D eigenvalue weighted by Gasteiger charge is -2.17. The molecule has 0 spiro atoms. The van der Waals surface area contributed by atoms with Gasteiger partial charge < -0.3 is 19.3 Å². The summed E-state index contributed by atoms with van der Waals surface area (Å²) in [6.45, 7) is 6.94. The number of anilines is 1. The van der Waals surface area contributed by atoms with Crippen molar-refractivity contribution in [2.45, 2.75) is 26.8 Å². The quantitative estimate of drug-likeness (QED) is 0.695. The summed E-state index contributed by atoms with van der Waals surface area (Å²) < 4.78 is 16.1. The molecule has 1 aromatic carbocycles. The number of fused-ring (bicyclic) bond motifs is 1. The third kappa shape index (κ3) is 3.68. The summed E-state index contributed by atoms with van der Waals surface area (Å²) in [7, 11) is 3.30. The Balaban J connectivity index is 2.06. The van der Waals surface area contributed by atoms with E-state index in [1.807, 2.05) is 13.0 Å². The van der Waals surface area contributed by atoms with Gasteiger partial charge in [-0.15, -0.1) is 0 Å². The lowest BCUT2D eigenvalue weighted by molar-refractivity contribution is 0.126. The van der Waals surface area contributed by atoms with Crippen LogP contribution in [0, 0.1) is 20.8 Å². The number of ether oxygens (including phenoxy) is 2. The highest BCUT2D eigenvalue weighted by Gasteiger charge is 2.20. The molecule has 2 heterocycles. The maximum atomic E-state index is 5.61. The van der Waals surface area contributed by atoms with Crippen LogP contribution in [0.5, 0.6) is 0 Å². The number of aryl methyl sites for hydroxylation is 3. The fraction of sp³-hybridized carbons (Fsp3) is 0.421. The zero-order valence-corrected chi connectivity index (χ0v) is 15.8. The molecule has 3 rings (SSSR count). The van der Waals surface area contributed by atoms with Crippen LogP contribution in [0.2, 0.25) is 0 Å². The zero-order chi connectivity index (χ0) is 18.7. The smallest absolute Gasteiger partial charge is 0.228 e. The van der Waals surface area contributed by atoms with E-state index in [-0.39, 0.29) is 6.04 Å². The molecule has 1 N–H and O–H groups in total. The first-order valence-electron chi connectivity index (χ1n) is 8.49. The van der Waals surface area contributed by atoms with Gasteiger partial charge in [-0.05, 0) is 26.3 Å². The number of benzene rings is 1. The molecule has 7 nitrogen and oxygen atoms in total. The maximum Gasteiger partial charge on any atom is 0.228 e. The molecule has 0 fully saturated rings. The Morgan fingerprint density at radius 3 is 2.46 bits per heavy atom. The van der Waals surface area contributed by atoms with Crippen LogP contribution >= 0.6 is 0 Å². The van der Waals surface area contributed by atoms with Crippen LogP contribution in [-0.2, 0) is 9.47 Å². The van der Waals surface area contributed by atoms with E-state index in [2.05, 4.69) is 46.4 Å². The first kappa shape index (κ1) is 18.3. The minimum Gasteiger partial charge on any atom is -0.382 e. The second-order valence-electron chi connectivity index (χ2n) is 6.40. The number of nitrogens with one attached hydrogen (secondary N) is 1. The van der Waals surface area contributed by atoms with Gasteiger partial charge in [0.05, 0.1) is 19.3 Å². The molecule has 138 valence electrons. The molecule has 0 aliphatic carbocycles. The van der Waals surface area contributed by atoms with Crippen LogP contribution in [-0.4, -0.2) is 48.6 Å². The van der Waals surface area contributed by atoms with Crippen molar-refractivity contribution < 1.29 is 14.0 Å². The summed E-state index contributed by atoms with van der Waals surface area (Å²) in [5, 5.41) is 7.60. The molecule has 2 aromatic heterocycles. The van der Waals surface area contributed by atoms with Gasteiger partial charge in [-0.2, -0.15) is 0 Å². The van der Waals surface area contributed by atoms with Crippen LogP contribution in [0.4, 0.5) is 5.82 Å². The molecular formula is C19H24N4O3. The Labute approximate surface area is 152 Å². The standard InChI is InChI=1S/C19H24N4O3/c1-11-6-7-15(12(2)8-11)16-17-18(26-23-16)19(21-13(3)20-17)22-14(9-24-4)10-25-5/h6-8,14H,9-10H2,1-5H3,(H,20,21,22). The Bertz CT molecular complexity index is 901. The molecule has 0 saturated heterocycles. The molecule has 0 unspecified atom stereocenters. The van der Waals surface area contributed by atoms with Gasteiger partial charge in [0, 0.05) is 19.8 Å². The van der Waals surface area contributed by atoms with Crippen LogP contribution in [0.3, 0.4) is 0 Å². The first-order chi connectivity index (χ1) is 12.5. The molecule has 0 atom stereocenters. The summed E-state index contributed by atoms with van der Waals surface area (Å²) in [4.78, 5) is 9.05. The summed E-state index contributed by atoms with van der Waals surface area (Å²) >= 11 is 0. The van der Waals surface area contributed by atoms with Gasteiger partial charge in [-0.1, -0.05) is 28.9 Å².